The molecule has 0 aromatic carbocycles. The van der Waals surface area contributed by atoms with Gasteiger partial charge in [-0.2, -0.15) is 0 Å². The largest absolute Gasteiger partial charge is 0.390 e. The molecule has 0 radical (unpaired) electrons. The summed E-state index contributed by atoms with van der Waals surface area (Å²) in [5, 5.41) is 10.8. The molecule has 0 aromatic rings. The molecular weight excluding hydrogens is 208 g/mol. The Hall–Kier alpha value is -0.300. The lowest BCUT2D eigenvalue weighted by molar-refractivity contribution is -0.000878. The van der Waals surface area contributed by atoms with Crippen LogP contribution in [-0.4, -0.2) is 10.7 Å². The average Bonchev–Trinajstić information content (AvgIpc) is 2.35. The molecule has 1 aliphatic rings. The molecule has 1 rings (SSSR count). The molecule has 0 saturated heterocycles. The predicted octanol–water partition coefficient (Wildman–Crippen LogP) is 4.84. The van der Waals surface area contributed by atoms with E-state index in [0.717, 1.165) is 32.1 Å². The molecule has 0 saturated carbocycles. The van der Waals surface area contributed by atoms with Crippen molar-refractivity contribution in [2.45, 2.75) is 83.7 Å². The second-order valence-electron chi connectivity index (χ2n) is 5.75. The van der Waals surface area contributed by atoms with Crippen molar-refractivity contribution in [1.29, 1.82) is 0 Å². The molecule has 1 heteroatoms. The van der Waals surface area contributed by atoms with Crippen LogP contribution in [0, 0.1) is 5.92 Å². The molecule has 1 unspecified atom stereocenters. The first kappa shape index (κ1) is 14.8. The summed E-state index contributed by atoms with van der Waals surface area (Å²) in [5.74, 6) is 0.627. The smallest absolute Gasteiger partial charge is 0.0653 e. The van der Waals surface area contributed by atoms with Crippen LogP contribution in [0.15, 0.2) is 12.2 Å². The number of hydrogen-bond acceptors (Lipinski definition) is 1. The van der Waals surface area contributed by atoms with Gasteiger partial charge < -0.3 is 5.11 Å². The van der Waals surface area contributed by atoms with Crippen molar-refractivity contribution in [1.82, 2.24) is 0 Å². The van der Waals surface area contributed by atoms with Crippen LogP contribution in [0.1, 0.15) is 78.1 Å². The fourth-order valence-corrected chi connectivity index (χ4v) is 2.88. The average molecular weight is 238 g/mol. The molecule has 100 valence electrons. The van der Waals surface area contributed by atoms with Crippen molar-refractivity contribution < 1.29 is 5.11 Å². The zero-order valence-electron chi connectivity index (χ0n) is 11.8. The monoisotopic (exact) mass is 238 g/mol. The van der Waals surface area contributed by atoms with E-state index in [-0.39, 0.29) is 0 Å². The van der Waals surface area contributed by atoms with E-state index in [1.165, 1.54) is 32.1 Å². The second-order valence-corrected chi connectivity index (χ2v) is 5.75. The summed E-state index contributed by atoms with van der Waals surface area (Å²) < 4.78 is 0. The predicted molar refractivity (Wildman–Crippen MR) is 75.1 cm³/mol. The Bertz CT molecular complexity index is 212. The van der Waals surface area contributed by atoms with Crippen molar-refractivity contribution in [2.75, 3.05) is 0 Å². The number of allylic oxidation sites excluding steroid dienone is 2. The van der Waals surface area contributed by atoms with Gasteiger partial charge in [0.15, 0.2) is 0 Å². The number of hydrogen-bond donors (Lipinski definition) is 1. The summed E-state index contributed by atoms with van der Waals surface area (Å²) in [5.41, 5.74) is -0.391. The topological polar surface area (TPSA) is 20.2 Å². The van der Waals surface area contributed by atoms with E-state index in [4.69, 9.17) is 0 Å². The molecular formula is C16H30O. The van der Waals surface area contributed by atoms with Gasteiger partial charge in [-0.25, -0.2) is 0 Å². The fraction of sp³-hybridized carbons (Fsp3) is 0.875. The normalized spacial score (nSPS) is 20.8. The highest BCUT2D eigenvalue weighted by Crippen LogP contribution is 2.32. The van der Waals surface area contributed by atoms with Crippen LogP contribution < -0.4 is 0 Å². The Morgan fingerprint density at radius 3 is 2.29 bits per heavy atom. The summed E-state index contributed by atoms with van der Waals surface area (Å²) in [6.07, 6.45) is 16.1. The minimum atomic E-state index is -0.391. The molecule has 1 atom stereocenters. The van der Waals surface area contributed by atoms with Crippen LogP contribution in [0.2, 0.25) is 0 Å². The van der Waals surface area contributed by atoms with E-state index in [1.54, 1.807) is 0 Å². The quantitative estimate of drug-likeness (QED) is 0.600. The standard InChI is InChI=1S/C16H30O/c1-3-5-12-16(17,13-6-4-2)14-15-10-8-7-9-11-15/h8,10,15,17H,3-7,9,11-14H2,1-2H3. The molecule has 0 fully saturated rings. The highest BCUT2D eigenvalue weighted by molar-refractivity contribution is 4.96. The summed E-state index contributed by atoms with van der Waals surface area (Å²) in [7, 11) is 0. The Morgan fingerprint density at radius 2 is 1.82 bits per heavy atom. The molecule has 0 aliphatic heterocycles. The number of unbranched alkanes of at least 4 members (excludes halogenated alkanes) is 2. The van der Waals surface area contributed by atoms with E-state index >= 15 is 0 Å². The van der Waals surface area contributed by atoms with Crippen molar-refractivity contribution >= 4 is 0 Å². The Balaban J connectivity index is 2.48. The van der Waals surface area contributed by atoms with Crippen LogP contribution in [0.5, 0.6) is 0 Å². The van der Waals surface area contributed by atoms with Crippen molar-refractivity contribution in [3.63, 3.8) is 0 Å². The van der Waals surface area contributed by atoms with Gasteiger partial charge in [0, 0.05) is 0 Å². The summed E-state index contributed by atoms with van der Waals surface area (Å²) in [4.78, 5) is 0. The second kappa shape index (κ2) is 7.92. The fourth-order valence-electron chi connectivity index (χ4n) is 2.88. The van der Waals surface area contributed by atoms with E-state index < -0.39 is 5.60 Å². The SMILES string of the molecule is CCCCC(O)(CCCC)CC1C=CCCC1. The first-order chi connectivity index (χ1) is 8.20. The lowest BCUT2D eigenvalue weighted by atomic mass is 9.79. The molecule has 0 bridgehead atoms. The molecule has 0 spiro atoms. The Morgan fingerprint density at radius 1 is 1.18 bits per heavy atom. The first-order valence-electron chi connectivity index (χ1n) is 7.59. The van der Waals surface area contributed by atoms with Crippen LogP contribution in [0.4, 0.5) is 0 Å². The molecule has 1 N–H and O–H groups in total. The lowest BCUT2D eigenvalue weighted by Crippen LogP contribution is -2.31. The number of rotatable bonds is 8. The zero-order chi connectivity index (χ0) is 12.6. The maximum atomic E-state index is 10.8. The third-order valence-electron chi connectivity index (χ3n) is 3.99. The third kappa shape index (κ3) is 5.72. The minimum Gasteiger partial charge on any atom is -0.390 e. The van der Waals surface area contributed by atoms with Gasteiger partial charge in [0.2, 0.25) is 0 Å². The maximum Gasteiger partial charge on any atom is 0.0653 e. The Labute approximate surface area is 107 Å². The summed E-state index contributed by atoms with van der Waals surface area (Å²) in [6, 6.07) is 0. The summed E-state index contributed by atoms with van der Waals surface area (Å²) in [6.45, 7) is 4.42. The molecule has 1 aliphatic carbocycles. The first-order valence-corrected chi connectivity index (χ1v) is 7.59. The van der Waals surface area contributed by atoms with Crippen molar-refractivity contribution in [2.24, 2.45) is 5.92 Å². The van der Waals surface area contributed by atoms with Crippen LogP contribution >= 0.6 is 0 Å². The molecule has 0 heterocycles. The maximum absolute atomic E-state index is 10.8. The molecule has 17 heavy (non-hydrogen) atoms. The minimum absolute atomic E-state index is 0.391. The highest BCUT2D eigenvalue weighted by atomic mass is 16.3. The molecule has 0 amide bonds. The van der Waals surface area contributed by atoms with E-state index in [1.807, 2.05) is 0 Å². The van der Waals surface area contributed by atoms with Crippen molar-refractivity contribution in [3.05, 3.63) is 12.2 Å². The van der Waals surface area contributed by atoms with Gasteiger partial charge in [0.25, 0.3) is 0 Å². The van der Waals surface area contributed by atoms with Crippen LogP contribution in [0.3, 0.4) is 0 Å². The summed E-state index contributed by atoms with van der Waals surface area (Å²) >= 11 is 0. The van der Waals surface area contributed by atoms with Gasteiger partial charge in [0.1, 0.15) is 0 Å². The number of aliphatic hydroxyl groups is 1. The van der Waals surface area contributed by atoms with Gasteiger partial charge >= 0.3 is 0 Å². The molecule has 1 nitrogen and oxygen atoms in total. The zero-order valence-corrected chi connectivity index (χ0v) is 11.8. The van der Waals surface area contributed by atoms with E-state index in [0.29, 0.717) is 5.92 Å². The molecule has 0 aromatic heterocycles. The van der Waals surface area contributed by atoms with Crippen LogP contribution in [0.25, 0.3) is 0 Å². The van der Waals surface area contributed by atoms with Gasteiger partial charge in [-0.05, 0) is 44.4 Å². The van der Waals surface area contributed by atoms with Crippen LogP contribution in [-0.2, 0) is 0 Å². The van der Waals surface area contributed by atoms with Crippen molar-refractivity contribution in [3.8, 4) is 0 Å². The van der Waals surface area contributed by atoms with E-state index in [2.05, 4.69) is 26.0 Å². The van der Waals surface area contributed by atoms with Gasteiger partial charge in [0.05, 0.1) is 5.60 Å². The van der Waals surface area contributed by atoms with E-state index in [9.17, 15) is 5.11 Å². The Kier molecular flexibility index (Phi) is 6.87. The highest BCUT2D eigenvalue weighted by Gasteiger charge is 2.28. The van der Waals surface area contributed by atoms with Gasteiger partial charge in [-0.1, -0.05) is 51.7 Å². The third-order valence-corrected chi connectivity index (χ3v) is 3.99. The van der Waals surface area contributed by atoms with Gasteiger partial charge in [-0.3, -0.25) is 0 Å². The lowest BCUT2D eigenvalue weighted by Gasteiger charge is -2.32. The van der Waals surface area contributed by atoms with Gasteiger partial charge in [-0.15, -0.1) is 0 Å².